The zero-order valence-electron chi connectivity index (χ0n) is 9.29. The van der Waals surface area contributed by atoms with E-state index in [4.69, 9.17) is 0 Å². The number of Topliss-reactive ketones (excluding diaryl/α,β-unsaturated/α-hetero) is 1. The Labute approximate surface area is 89.8 Å². The summed E-state index contributed by atoms with van der Waals surface area (Å²) in [6.45, 7) is 1.93. The molecule has 1 aliphatic rings. The second-order valence-electron chi connectivity index (χ2n) is 4.07. The van der Waals surface area contributed by atoms with Gasteiger partial charge in [0.25, 0.3) is 0 Å². The van der Waals surface area contributed by atoms with Gasteiger partial charge in [-0.05, 0) is 38.2 Å². The molecule has 0 saturated carbocycles. The standard InChI is InChI=1S/C12H16N2O/c1-9-11(8-13-14(9)2)12(15)10-6-4-3-5-7-10/h6,8H,3-5,7H2,1-2H3. The predicted octanol–water partition coefficient (Wildman–Crippen LogP) is 2.41. The number of hydrogen-bond donors (Lipinski definition) is 0. The molecule has 2 rings (SSSR count). The Hall–Kier alpha value is -1.38. The van der Waals surface area contributed by atoms with Crippen molar-refractivity contribution in [3.05, 3.63) is 29.1 Å². The van der Waals surface area contributed by atoms with E-state index >= 15 is 0 Å². The van der Waals surface area contributed by atoms with Gasteiger partial charge in [-0.2, -0.15) is 5.10 Å². The van der Waals surface area contributed by atoms with Gasteiger partial charge in [0, 0.05) is 12.7 Å². The lowest BCUT2D eigenvalue weighted by Crippen LogP contribution is -2.07. The topological polar surface area (TPSA) is 34.9 Å². The molecule has 1 aliphatic carbocycles. The van der Waals surface area contributed by atoms with Gasteiger partial charge in [0.1, 0.15) is 0 Å². The molecule has 3 heteroatoms. The smallest absolute Gasteiger partial charge is 0.192 e. The summed E-state index contributed by atoms with van der Waals surface area (Å²) in [5, 5.41) is 4.10. The van der Waals surface area contributed by atoms with Crippen molar-refractivity contribution in [2.45, 2.75) is 32.6 Å². The Kier molecular flexibility index (Phi) is 2.71. The first-order valence-corrected chi connectivity index (χ1v) is 5.42. The highest BCUT2D eigenvalue weighted by atomic mass is 16.1. The first-order valence-electron chi connectivity index (χ1n) is 5.42. The Morgan fingerprint density at radius 2 is 2.27 bits per heavy atom. The van der Waals surface area contributed by atoms with Gasteiger partial charge in [0.15, 0.2) is 5.78 Å². The molecule has 3 nitrogen and oxygen atoms in total. The number of carbonyl (C=O) groups excluding carboxylic acids is 1. The predicted molar refractivity (Wildman–Crippen MR) is 58.8 cm³/mol. The molecule has 0 aromatic carbocycles. The third-order valence-electron chi connectivity index (χ3n) is 3.06. The van der Waals surface area contributed by atoms with Crippen LogP contribution in [0.4, 0.5) is 0 Å². The van der Waals surface area contributed by atoms with Crippen LogP contribution in [-0.4, -0.2) is 15.6 Å². The van der Waals surface area contributed by atoms with Crippen LogP contribution in [-0.2, 0) is 7.05 Å². The van der Waals surface area contributed by atoms with Crippen LogP contribution in [0.15, 0.2) is 17.8 Å². The summed E-state index contributed by atoms with van der Waals surface area (Å²) >= 11 is 0. The van der Waals surface area contributed by atoms with Crippen molar-refractivity contribution in [2.75, 3.05) is 0 Å². The molecule has 1 heterocycles. The lowest BCUT2D eigenvalue weighted by molar-refractivity contribution is 0.102. The monoisotopic (exact) mass is 204 g/mol. The summed E-state index contributed by atoms with van der Waals surface area (Å²) in [6.07, 6.45) is 8.07. The van der Waals surface area contributed by atoms with Crippen LogP contribution >= 0.6 is 0 Å². The molecule has 0 fully saturated rings. The maximum absolute atomic E-state index is 12.1. The van der Waals surface area contributed by atoms with Gasteiger partial charge in [-0.3, -0.25) is 9.48 Å². The number of allylic oxidation sites excluding steroid dienone is 2. The van der Waals surface area contributed by atoms with Crippen LogP contribution in [0.5, 0.6) is 0 Å². The highest BCUT2D eigenvalue weighted by molar-refractivity contribution is 6.09. The fourth-order valence-corrected chi connectivity index (χ4v) is 1.94. The molecule has 0 aliphatic heterocycles. The van der Waals surface area contributed by atoms with Crippen LogP contribution < -0.4 is 0 Å². The SMILES string of the molecule is Cc1c(C(=O)C2=CCCCC2)cnn1C. The van der Waals surface area contributed by atoms with Crippen LogP contribution in [0.25, 0.3) is 0 Å². The highest BCUT2D eigenvalue weighted by Crippen LogP contribution is 2.22. The zero-order chi connectivity index (χ0) is 10.8. The molecule has 15 heavy (non-hydrogen) atoms. The number of aromatic nitrogens is 2. The number of ketones is 1. The molecule has 0 bridgehead atoms. The van der Waals surface area contributed by atoms with Crippen LogP contribution in [0.1, 0.15) is 41.7 Å². The molecule has 0 spiro atoms. The van der Waals surface area contributed by atoms with E-state index in [1.54, 1.807) is 10.9 Å². The second kappa shape index (κ2) is 4.01. The van der Waals surface area contributed by atoms with Crippen molar-refractivity contribution in [2.24, 2.45) is 7.05 Å². The van der Waals surface area contributed by atoms with Crippen molar-refractivity contribution in [3.8, 4) is 0 Å². The lowest BCUT2D eigenvalue weighted by Gasteiger charge is -2.10. The number of aryl methyl sites for hydroxylation is 1. The summed E-state index contributed by atoms with van der Waals surface area (Å²) in [7, 11) is 1.86. The van der Waals surface area contributed by atoms with Crippen LogP contribution in [0.2, 0.25) is 0 Å². The minimum absolute atomic E-state index is 0.167. The third kappa shape index (κ3) is 1.87. The molecule has 0 N–H and O–H groups in total. The minimum atomic E-state index is 0.167. The fraction of sp³-hybridized carbons (Fsp3) is 0.500. The Morgan fingerprint density at radius 1 is 1.47 bits per heavy atom. The quantitative estimate of drug-likeness (QED) is 0.693. The number of carbonyl (C=O) groups is 1. The number of hydrogen-bond acceptors (Lipinski definition) is 2. The van der Waals surface area contributed by atoms with Crippen molar-refractivity contribution >= 4 is 5.78 Å². The summed E-state index contributed by atoms with van der Waals surface area (Å²) in [6, 6.07) is 0. The van der Waals surface area contributed by atoms with E-state index in [-0.39, 0.29) is 5.78 Å². The van der Waals surface area contributed by atoms with Gasteiger partial charge in [0.2, 0.25) is 0 Å². The van der Waals surface area contributed by atoms with Gasteiger partial charge in [-0.15, -0.1) is 0 Å². The Balaban J connectivity index is 2.28. The first-order chi connectivity index (χ1) is 7.20. The van der Waals surface area contributed by atoms with Crippen LogP contribution in [0.3, 0.4) is 0 Å². The first kappa shape index (κ1) is 10.1. The van der Waals surface area contributed by atoms with E-state index in [0.717, 1.165) is 36.1 Å². The molecule has 0 saturated heterocycles. The normalized spacial score (nSPS) is 16.3. The molecule has 0 unspecified atom stereocenters. The molecule has 1 aromatic heterocycles. The maximum atomic E-state index is 12.1. The molecule has 1 aromatic rings. The van der Waals surface area contributed by atoms with Crippen molar-refractivity contribution in [1.82, 2.24) is 9.78 Å². The van der Waals surface area contributed by atoms with E-state index in [1.807, 2.05) is 14.0 Å². The van der Waals surface area contributed by atoms with E-state index in [0.29, 0.717) is 0 Å². The largest absolute Gasteiger partial charge is 0.289 e. The minimum Gasteiger partial charge on any atom is -0.289 e. The molecule has 0 radical (unpaired) electrons. The summed E-state index contributed by atoms with van der Waals surface area (Å²) in [5.74, 6) is 0.167. The van der Waals surface area contributed by atoms with Crippen molar-refractivity contribution in [1.29, 1.82) is 0 Å². The van der Waals surface area contributed by atoms with Gasteiger partial charge >= 0.3 is 0 Å². The molecule has 0 amide bonds. The Morgan fingerprint density at radius 3 is 2.80 bits per heavy atom. The van der Waals surface area contributed by atoms with E-state index in [2.05, 4.69) is 11.2 Å². The Bertz CT molecular complexity index is 415. The highest BCUT2D eigenvalue weighted by Gasteiger charge is 2.18. The van der Waals surface area contributed by atoms with E-state index in [9.17, 15) is 4.79 Å². The molecule has 0 atom stereocenters. The van der Waals surface area contributed by atoms with Gasteiger partial charge < -0.3 is 0 Å². The molecular weight excluding hydrogens is 188 g/mol. The lowest BCUT2D eigenvalue weighted by atomic mass is 9.93. The van der Waals surface area contributed by atoms with Crippen molar-refractivity contribution < 1.29 is 4.79 Å². The van der Waals surface area contributed by atoms with E-state index < -0.39 is 0 Å². The summed E-state index contributed by atoms with van der Waals surface area (Å²) < 4.78 is 1.75. The second-order valence-corrected chi connectivity index (χ2v) is 4.07. The van der Waals surface area contributed by atoms with Crippen LogP contribution in [0, 0.1) is 6.92 Å². The average molecular weight is 204 g/mol. The van der Waals surface area contributed by atoms with Gasteiger partial charge in [-0.25, -0.2) is 0 Å². The van der Waals surface area contributed by atoms with Crippen molar-refractivity contribution in [3.63, 3.8) is 0 Å². The summed E-state index contributed by atoms with van der Waals surface area (Å²) in [5.41, 5.74) is 2.68. The average Bonchev–Trinajstić information content (AvgIpc) is 2.60. The van der Waals surface area contributed by atoms with Gasteiger partial charge in [-0.1, -0.05) is 6.08 Å². The molecular formula is C12H16N2O. The molecule has 80 valence electrons. The maximum Gasteiger partial charge on any atom is 0.192 e. The summed E-state index contributed by atoms with van der Waals surface area (Å²) in [4.78, 5) is 12.1. The number of nitrogens with zero attached hydrogens (tertiary/aromatic N) is 2. The number of rotatable bonds is 2. The van der Waals surface area contributed by atoms with Gasteiger partial charge in [0.05, 0.1) is 11.8 Å². The third-order valence-corrected chi connectivity index (χ3v) is 3.06. The van der Waals surface area contributed by atoms with E-state index in [1.165, 1.54) is 6.42 Å². The zero-order valence-corrected chi connectivity index (χ0v) is 9.29. The fourth-order valence-electron chi connectivity index (χ4n) is 1.94.